The Balaban J connectivity index is 1.47. The van der Waals surface area contributed by atoms with Crippen LogP contribution in [0.4, 0.5) is 18.9 Å². The SMILES string of the molecule is CC(C(=O)Nc1ccc(Cl)cc1)C1CCC(c2cc(C(F)(F)F)nc3ccccc23)CC1. The zero-order valence-corrected chi connectivity index (χ0v) is 18.4. The molecule has 1 amide bonds. The maximum absolute atomic E-state index is 13.4. The van der Waals surface area contributed by atoms with Gasteiger partial charge < -0.3 is 5.32 Å². The smallest absolute Gasteiger partial charge is 0.326 e. The van der Waals surface area contributed by atoms with E-state index in [1.165, 1.54) is 6.07 Å². The number of hydrogen-bond donors (Lipinski definition) is 1. The number of nitrogens with zero attached hydrogens (tertiary/aromatic N) is 1. The molecule has 1 aliphatic rings. The predicted molar refractivity (Wildman–Crippen MR) is 121 cm³/mol. The molecule has 32 heavy (non-hydrogen) atoms. The Bertz CT molecular complexity index is 1110. The minimum Gasteiger partial charge on any atom is -0.326 e. The zero-order valence-electron chi connectivity index (χ0n) is 17.6. The first-order chi connectivity index (χ1) is 15.2. The summed E-state index contributed by atoms with van der Waals surface area (Å²) >= 11 is 5.89. The molecule has 7 heteroatoms. The molecule has 0 bridgehead atoms. The third kappa shape index (κ3) is 4.90. The monoisotopic (exact) mass is 460 g/mol. The molecule has 1 aromatic heterocycles. The van der Waals surface area contributed by atoms with Crippen LogP contribution in [0.5, 0.6) is 0 Å². The van der Waals surface area contributed by atoms with Crippen molar-refractivity contribution in [2.75, 3.05) is 5.32 Å². The van der Waals surface area contributed by atoms with Crippen molar-refractivity contribution in [3.63, 3.8) is 0 Å². The van der Waals surface area contributed by atoms with Gasteiger partial charge in [-0.2, -0.15) is 13.2 Å². The Hall–Kier alpha value is -2.60. The quantitative estimate of drug-likeness (QED) is 0.439. The summed E-state index contributed by atoms with van der Waals surface area (Å²) in [6, 6.07) is 15.2. The second-order valence-electron chi connectivity index (χ2n) is 8.51. The van der Waals surface area contributed by atoms with Crippen LogP contribution in [-0.2, 0) is 11.0 Å². The molecule has 3 nitrogen and oxygen atoms in total. The highest BCUT2D eigenvalue weighted by atomic mass is 35.5. The predicted octanol–water partition coefficient (Wildman–Crippen LogP) is 7.46. The van der Waals surface area contributed by atoms with Gasteiger partial charge in [-0.1, -0.05) is 36.7 Å². The van der Waals surface area contributed by atoms with Crippen molar-refractivity contribution in [2.45, 2.75) is 44.7 Å². The molecule has 0 saturated heterocycles. The highest BCUT2D eigenvalue weighted by Gasteiger charge is 2.35. The van der Waals surface area contributed by atoms with E-state index in [1.807, 2.05) is 19.1 Å². The summed E-state index contributed by atoms with van der Waals surface area (Å²) in [7, 11) is 0. The molecular weight excluding hydrogens is 437 g/mol. The Morgan fingerprint density at radius 2 is 1.72 bits per heavy atom. The normalized spacial score (nSPS) is 20.2. The van der Waals surface area contributed by atoms with E-state index in [0.29, 0.717) is 21.8 Å². The van der Waals surface area contributed by atoms with Crippen molar-refractivity contribution in [3.05, 3.63) is 70.9 Å². The fourth-order valence-electron chi connectivity index (χ4n) is 4.62. The van der Waals surface area contributed by atoms with Gasteiger partial charge in [-0.05, 0) is 79.5 Å². The molecule has 4 rings (SSSR count). The number of benzene rings is 2. The van der Waals surface area contributed by atoms with Crippen LogP contribution in [0.25, 0.3) is 10.9 Å². The first-order valence-electron chi connectivity index (χ1n) is 10.8. The fraction of sp³-hybridized carbons (Fsp3) is 0.360. The minimum atomic E-state index is -4.48. The van der Waals surface area contributed by atoms with Gasteiger partial charge in [0.25, 0.3) is 0 Å². The topological polar surface area (TPSA) is 42.0 Å². The fourth-order valence-corrected chi connectivity index (χ4v) is 4.74. The number of para-hydroxylation sites is 1. The number of pyridine rings is 1. The number of anilines is 1. The second kappa shape index (κ2) is 9.10. The second-order valence-corrected chi connectivity index (χ2v) is 8.94. The van der Waals surface area contributed by atoms with Crippen molar-refractivity contribution in [1.29, 1.82) is 0 Å². The van der Waals surface area contributed by atoms with Gasteiger partial charge in [0.15, 0.2) is 0 Å². The average Bonchev–Trinajstić information content (AvgIpc) is 2.79. The number of amides is 1. The molecule has 1 N–H and O–H groups in total. The third-order valence-electron chi connectivity index (χ3n) is 6.48. The number of fused-ring (bicyclic) bond motifs is 1. The standard InChI is InChI=1S/C25H24ClF3N2O/c1-15(24(32)30-19-12-10-18(26)11-13-19)16-6-8-17(9-7-16)21-14-23(25(27,28)29)31-22-5-3-2-4-20(21)22/h2-5,10-17H,6-9H2,1H3,(H,30,32). The summed E-state index contributed by atoms with van der Waals surface area (Å²) in [6.45, 7) is 1.92. The number of carbonyl (C=O) groups excluding carboxylic acids is 1. The van der Waals surface area contributed by atoms with E-state index in [4.69, 9.17) is 11.6 Å². The van der Waals surface area contributed by atoms with Crippen LogP contribution < -0.4 is 5.32 Å². The number of hydrogen-bond acceptors (Lipinski definition) is 2. The lowest BCUT2D eigenvalue weighted by Crippen LogP contribution is -2.29. The van der Waals surface area contributed by atoms with Gasteiger partial charge >= 0.3 is 6.18 Å². The van der Waals surface area contributed by atoms with Crippen LogP contribution >= 0.6 is 11.6 Å². The van der Waals surface area contributed by atoms with E-state index in [1.54, 1.807) is 36.4 Å². The van der Waals surface area contributed by atoms with Crippen molar-refractivity contribution in [3.8, 4) is 0 Å². The number of halogens is 4. The maximum atomic E-state index is 13.4. The number of aromatic nitrogens is 1. The molecule has 1 saturated carbocycles. The molecule has 1 atom stereocenters. The largest absolute Gasteiger partial charge is 0.433 e. The number of alkyl halides is 3. The van der Waals surface area contributed by atoms with Gasteiger partial charge in [0.2, 0.25) is 5.91 Å². The van der Waals surface area contributed by atoms with Gasteiger partial charge in [0.1, 0.15) is 5.69 Å². The number of rotatable bonds is 4. The zero-order chi connectivity index (χ0) is 22.9. The molecular formula is C25H24ClF3N2O. The third-order valence-corrected chi connectivity index (χ3v) is 6.73. The summed E-state index contributed by atoms with van der Waals surface area (Å²) in [4.78, 5) is 16.5. The van der Waals surface area contributed by atoms with Crippen LogP contribution in [0.15, 0.2) is 54.6 Å². The summed E-state index contributed by atoms with van der Waals surface area (Å²) in [5, 5.41) is 4.31. The molecule has 0 spiro atoms. The van der Waals surface area contributed by atoms with E-state index in [9.17, 15) is 18.0 Å². The Morgan fingerprint density at radius 1 is 1.06 bits per heavy atom. The van der Waals surface area contributed by atoms with Crippen LogP contribution in [0, 0.1) is 11.8 Å². The summed E-state index contributed by atoms with van der Waals surface area (Å²) < 4.78 is 40.2. The van der Waals surface area contributed by atoms with E-state index in [0.717, 1.165) is 31.1 Å². The number of carbonyl (C=O) groups is 1. The Kier molecular flexibility index (Phi) is 6.42. The van der Waals surface area contributed by atoms with Gasteiger partial charge in [0, 0.05) is 22.0 Å². The Morgan fingerprint density at radius 3 is 2.38 bits per heavy atom. The lowest BCUT2D eigenvalue weighted by Gasteiger charge is -2.32. The van der Waals surface area contributed by atoms with Crippen LogP contribution in [0.1, 0.15) is 49.8 Å². The highest BCUT2D eigenvalue weighted by Crippen LogP contribution is 2.42. The van der Waals surface area contributed by atoms with Crippen LogP contribution in [0.3, 0.4) is 0 Å². The summed E-state index contributed by atoms with van der Waals surface area (Å²) in [5.41, 5.74) is 0.932. The molecule has 0 aliphatic heterocycles. The van der Waals surface area contributed by atoms with E-state index in [2.05, 4.69) is 10.3 Å². The van der Waals surface area contributed by atoms with Gasteiger partial charge in [-0.25, -0.2) is 4.98 Å². The van der Waals surface area contributed by atoms with Gasteiger partial charge in [-0.15, -0.1) is 0 Å². The average molecular weight is 461 g/mol. The highest BCUT2D eigenvalue weighted by molar-refractivity contribution is 6.30. The van der Waals surface area contributed by atoms with Crippen LogP contribution in [0.2, 0.25) is 5.02 Å². The first kappa shape index (κ1) is 22.6. The van der Waals surface area contributed by atoms with Gasteiger partial charge in [0.05, 0.1) is 5.52 Å². The van der Waals surface area contributed by atoms with Gasteiger partial charge in [-0.3, -0.25) is 4.79 Å². The Labute approximate surface area is 190 Å². The maximum Gasteiger partial charge on any atom is 0.433 e. The molecule has 2 aromatic carbocycles. The molecule has 1 fully saturated rings. The lowest BCUT2D eigenvalue weighted by atomic mass is 9.73. The molecule has 1 unspecified atom stereocenters. The summed E-state index contributed by atoms with van der Waals surface area (Å²) in [5.74, 6) is -0.0310. The molecule has 3 aromatic rings. The molecule has 1 aliphatic carbocycles. The minimum absolute atomic E-state index is 0.0202. The first-order valence-corrected chi connectivity index (χ1v) is 11.1. The van der Waals surface area contributed by atoms with E-state index in [-0.39, 0.29) is 23.7 Å². The molecule has 168 valence electrons. The van der Waals surface area contributed by atoms with Crippen molar-refractivity contribution in [1.82, 2.24) is 4.98 Å². The molecule has 1 heterocycles. The van der Waals surface area contributed by atoms with Crippen molar-refractivity contribution in [2.24, 2.45) is 11.8 Å². The van der Waals surface area contributed by atoms with Crippen LogP contribution in [-0.4, -0.2) is 10.9 Å². The van der Waals surface area contributed by atoms with Crippen molar-refractivity contribution >= 4 is 34.1 Å². The number of nitrogens with one attached hydrogen (secondary N) is 1. The van der Waals surface area contributed by atoms with E-state index < -0.39 is 11.9 Å². The lowest BCUT2D eigenvalue weighted by molar-refractivity contribution is -0.141. The van der Waals surface area contributed by atoms with E-state index >= 15 is 0 Å². The van der Waals surface area contributed by atoms with Crippen molar-refractivity contribution < 1.29 is 18.0 Å². The molecule has 0 radical (unpaired) electrons. The summed E-state index contributed by atoms with van der Waals surface area (Å²) in [6.07, 6.45) is -1.41.